The fraction of sp³-hybridized carbons (Fsp3) is 0.733. The van der Waals surface area contributed by atoms with Gasteiger partial charge in [-0.25, -0.2) is 0 Å². The van der Waals surface area contributed by atoms with Gasteiger partial charge in [0, 0.05) is 6.42 Å². The Labute approximate surface area is 202 Å². The van der Waals surface area contributed by atoms with Crippen molar-refractivity contribution >= 4 is 0 Å². The Kier molecular flexibility index (Phi) is 8.86. The Bertz CT molecular complexity index is 768. The van der Waals surface area contributed by atoms with Gasteiger partial charge in [0.25, 0.3) is 0 Å². The zero-order valence-electron chi connectivity index (χ0n) is 21.5. The van der Waals surface area contributed by atoms with Crippen molar-refractivity contribution in [3.8, 4) is 0 Å². The van der Waals surface area contributed by atoms with E-state index in [9.17, 15) is 15.3 Å². The zero-order chi connectivity index (χ0) is 24.2. The van der Waals surface area contributed by atoms with Crippen molar-refractivity contribution in [3.05, 3.63) is 47.6 Å². The molecule has 0 spiro atoms. The lowest BCUT2D eigenvalue weighted by atomic mass is 9.61. The molecule has 0 bridgehead atoms. The average molecular weight is 457 g/mol. The second kappa shape index (κ2) is 11.1. The van der Waals surface area contributed by atoms with Gasteiger partial charge in [-0.2, -0.15) is 0 Å². The quantitative estimate of drug-likeness (QED) is 0.283. The maximum atomic E-state index is 10.2. The number of hydrogen-bond acceptors (Lipinski definition) is 3. The van der Waals surface area contributed by atoms with Crippen LogP contribution in [0.2, 0.25) is 0 Å². The van der Waals surface area contributed by atoms with E-state index >= 15 is 0 Å². The minimum absolute atomic E-state index is 0.357. The Balaban J connectivity index is 1.62. The van der Waals surface area contributed by atoms with E-state index < -0.39 is 17.8 Å². The molecule has 0 radical (unpaired) electrons. The van der Waals surface area contributed by atoms with Crippen molar-refractivity contribution in [2.75, 3.05) is 0 Å². The molecule has 33 heavy (non-hydrogen) atoms. The number of aliphatic hydroxyl groups excluding tert-OH is 2. The summed E-state index contributed by atoms with van der Waals surface area (Å²) in [4.78, 5) is 0. The number of fused-ring (bicyclic) bond motifs is 1. The molecule has 3 nitrogen and oxygen atoms in total. The molecule has 0 aromatic rings. The summed E-state index contributed by atoms with van der Waals surface area (Å²) in [5.74, 6) is 1.96. The van der Waals surface area contributed by atoms with E-state index in [0.717, 1.165) is 42.7 Å². The smallest absolute Gasteiger partial charge is 0.0811 e. The van der Waals surface area contributed by atoms with Crippen molar-refractivity contribution < 1.29 is 15.3 Å². The molecule has 3 N–H and O–H groups in total. The maximum absolute atomic E-state index is 10.2. The Hall–Kier alpha value is -1.16. The lowest BCUT2D eigenvalue weighted by Gasteiger charge is -2.44. The van der Waals surface area contributed by atoms with Gasteiger partial charge in [0.1, 0.15) is 0 Å². The van der Waals surface area contributed by atoms with Crippen LogP contribution < -0.4 is 0 Å². The highest BCUT2D eigenvalue weighted by atomic mass is 16.3. The van der Waals surface area contributed by atoms with E-state index in [0.29, 0.717) is 30.1 Å². The lowest BCUT2D eigenvalue weighted by molar-refractivity contribution is 0.0683. The largest absolute Gasteiger partial charge is 0.393 e. The summed E-state index contributed by atoms with van der Waals surface area (Å²) in [6.07, 6.45) is 19.7. The fourth-order valence-corrected chi connectivity index (χ4v) is 6.87. The molecule has 0 aliphatic heterocycles. The third kappa shape index (κ3) is 6.71. The molecule has 186 valence electrons. The minimum atomic E-state index is -0.617. The highest BCUT2D eigenvalue weighted by molar-refractivity contribution is 5.38. The van der Waals surface area contributed by atoms with Crippen LogP contribution in [0.25, 0.3) is 0 Å². The molecule has 0 unspecified atom stereocenters. The minimum Gasteiger partial charge on any atom is -0.393 e. The van der Waals surface area contributed by atoms with Crippen molar-refractivity contribution in [2.24, 2.45) is 23.2 Å². The lowest BCUT2D eigenvalue weighted by Crippen LogP contribution is -2.35. The van der Waals surface area contributed by atoms with Gasteiger partial charge in [-0.1, -0.05) is 56.7 Å². The number of unbranched alkanes of at least 4 members (excludes halogenated alkanes) is 2. The van der Waals surface area contributed by atoms with Gasteiger partial charge >= 0.3 is 0 Å². The van der Waals surface area contributed by atoms with Crippen LogP contribution in [0.5, 0.6) is 0 Å². The van der Waals surface area contributed by atoms with Gasteiger partial charge in [-0.15, -0.1) is 0 Å². The van der Waals surface area contributed by atoms with E-state index in [-0.39, 0.29) is 0 Å². The molecule has 0 heterocycles. The molecular weight excluding hydrogens is 408 g/mol. The number of allylic oxidation sites excluding steroid dienone is 5. The molecule has 3 aliphatic rings. The first-order valence-electron chi connectivity index (χ1n) is 13.3. The predicted molar refractivity (Wildman–Crippen MR) is 138 cm³/mol. The Morgan fingerprint density at radius 1 is 1.18 bits per heavy atom. The van der Waals surface area contributed by atoms with Gasteiger partial charge < -0.3 is 15.3 Å². The van der Waals surface area contributed by atoms with Gasteiger partial charge in [-0.05, 0) is 106 Å². The third-order valence-corrected chi connectivity index (χ3v) is 8.79. The number of aliphatic hydroxyl groups is 3. The van der Waals surface area contributed by atoms with Crippen molar-refractivity contribution in [1.82, 2.24) is 0 Å². The van der Waals surface area contributed by atoms with E-state index in [1.165, 1.54) is 32.1 Å². The second-order valence-corrected chi connectivity index (χ2v) is 12.0. The van der Waals surface area contributed by atoms with E-state index in [1.54, 1.807) is 5.57 Å². The van der Waals surface area contributed by atoms with Crippen LogP contribution in [0.15, 0.2) is 47.6 Å². The fourth-order valence-electron chi connectivity index (χ4n) is 6.87. The van der Waals surface area contributed by atoms with Crippen LogP contribution in [0.4, 0.5) is 0 Å². The van der Waals surface area contributed by atoms with Crippen LogP contribution in [-0.2, 0) is 0 Å². The van der Waals surface area contributed by atoms with Crippen molar-refractivity contribution in [2.45, 2.75) is 116 Å². The zero-order valence-corrected chi connectivity index (χ0v) is 21.5. The third-order valence-electron chi connectivity index (χ3n) is 8.79. The maximum Gasteiger partial charge on any atom is 0.0811 e. The van der Waals surface area contributed by atoms with Crippen LogP contribution in [-0.4, -0.2) is 33.1 Å². The summed E-state index contributed by atoms with van der Waals surface area (Å²) >= 11 is 0. The standard InChI is InChI=1S/C30H48O3/c1-21(11-8-6-7-9-17-29(3,4)33)26-15-16-27-23(12-10-18-30(26,27)5)13-14-24-19-25(31)20-28(32)22(24)2/h8,11,13-14,21,25-28,31-33H,2,6-7,9-10,12,15-20H2,1,3-5H3/b11-8+,23-13+,24-14-/t21-,25-,26-,27+,28+,30-/m1/s1. The molecular formula is C30H48O3. The predicted octanol–water partition coefficient (Wildman–Crippen LogP) is 6.65. The number of hydrogen-bond donors (Lipinski definition) is 3. The first kappa shape index (κ1) is 26.4. The van der Waals surface area contributed by atoms with E-state index in [1.807, 2.05) is 13.8 Å². The highest BCUT2D eigenvalue weighted by Gasteiger charge is 2.50. The van der Waals surface area contributed by atoms with Gasteiger partial charge in [0.2, 0.25) is 0 Å². The Morgan fingerprint density at radius 2 is 1.94 bits per heavy atom. The summed E-state index contributed by atoms with van der Waals surface area (Å²) in [5, 5.41) is 30.1. The summed E-state index contributed by atoms with van der Waals surface area (Å²) in [5.41, 5.74) is 3.16. The molecule has 0 amide bonds. The summed E-state index contributed by atoms with van der Waals surface area (Å²) in [6, 6.07) is 0. The van der Waals surface area contributed by atoms with Crippen LogP contribution in [0.3, 0.4) is 0 Å². The first-order chi connectivity index (χ1) is 15.5. The summed E-state index contributed by atoms with van der Waals surface area (Å²) in [7, 11) is 0. The Morgan fingerprint density at radius 3 is 2.67 bits per heavy atom. The van der Waals surface area contributed by atoms with Gasteiger partial charge in [0.05, 0.1) is 17.8 Å². The normalized spacial score (nSPS) is 36.6. The second-order valence-electron chi connectivity index (χ2n) is 12.0. The summed E-state index contributed by atoms with van der Waals surface area (Å²) in [6.45, 7) is 12.8. The van der Waals surface area contributed by atoms with Gasteiger partial charge in [-0.3, -0.25) is 0 Å². The molecule has 0 aromatic heterocycles. The number of rotatable bonds is 8. The molecule has 6 atom stereocenters. The van der Waals surface area contributed by atoms with Crippen LogP contribution in [0, 0.1) is 23.2 Å². The van der Waals surface area contributed by atoms with Crippen molar-refractivity contribution in [1.29, 1.82) is 0 Å². The van der Waals surface area contributed by atoms with E-state index in [4.69, 9.17) is 0 Å². The molecule has 3 rings (SSSR count). The van der Waals surface area contributed by atoms with E-state index in [2.05, 4.69) is 44.7 Å². The van der Waals surface area contributed by atoms with Crippen LogP contribution in [0.1, 0.15) is 98.3 Å². The summed E-state index contributed by atoms with van der Waals surface area (Å²) < 4.78 is 0. The molecule has 0 aromatic carbocycles. The molecule has 3 aliphatic carbocycles. The first-order valence-corrected chi connectivity index (χ1v) is 13.3. The molecule has 3 fully saturated rings. The molecule has 0 saturated heterocycles. The molecule has 3 heteroatoms. The monoisotopic (exact) mass is 456 g/mol. The van der Waals surface area contributed by atoms with Gasteiger partial charge in [0.15, 0.2) is 0 Å². The topological polar surface area (TPSA) is 60.7 Å². The SMILES string of the molecule is C=C1/C(=C\C=C2/CCC[C@]3(C)[C@@H]([C@H](C)/C=C/CCCCC(C)(C)O)CC[C@@H]23)C[C@@H](O)C[C@@H]1O. The highest BCUT2D eigenvalue weighted by Crippen LogP contribution is 2.59. The van der Waals surface area contributed by atoms with Crippen molar-refractivity contribution in [3.63, 3.8) is 0 Å². The molecule has 3 saturated carbocycles. The average Bonchev–Trinajstić information content (AvgIpc) is 3.08. The van der Waals surface area contributed by atoms with Crippen LogP contribution >= 0.6 is 0 Å².